The molecule has 0 aliphatic carbocycles. The van der Waals surface area contributed by atoms with Crippen molar-refractivity contribution in [2.75, 3.05) is 7.11 Å². The molecule has 0 fully saturated rings. The van der Waals surface area contributed by atoms with Gasteiger partial charge in [-0.15, -0.1) is 0 Å². The van der Waals surface area contributed by atoms with Crippen LogP contribution in [0.5, 0.6) is 5.75 Å². The number of ether oxygens (including phenoxy) is 1. The van der Waals surface area contributed by atoms with E-state index in [0.717, 1.165) is 17.0 Å². The number of rotatable bonds is 7. The maximum Gasteiger partial charge on any atom is 0.328 e. The molecule has 0 atom stereocenters. The van der Waals surface area contributed by atoms with Gasteiger partial charge in [0, 0.05) is 30.8 Å². The number of carbonyl (C=O) groups is 1. The summed E-state index contributed by atoms with van der Waals surface area (Å²) < 4.78 is 6.41. The lowest BCUT2D eigenvalue weighted by Crippen LogP contribution is -2.31. The first-order valence-electron chi connectivity index (χ1n) is 8.57. The van der Waals surface area contributed by atoms with Gasteiger partial charge >= 0.3 is 5.69 Å². The Hall–Kier alpha value is -3.75. The number of carbonyl (C=O) groups excluding carboxylic acids is 1. The predicted molar refractivity (Wildman–Crippen MR) is 102 cm³/mol. The summed E-state index contributed by atoms with van der Waals surface area (Å²) in [6.45, 7) is 0.410. The molecule has 0 spiro atoms. The maximum atomic E-state index is 12.0. The lowest BCUT2D eigenvalue weighted by molar-refractivity contribution is -0.121. The van der Waals surface area contributed by atoms with Crippen LogP contribution in [0.2, 0.25) is 0 Å². The summed E-state index contributed by atoms with van der Waals surface area (Å²) in [5.41, 5.74) is 1.30. The second-order valence-corrected chi connectivity index (χ2v) is 5.95. The largest absolute Gasteiger partial charge is 0.497 e. The highest BCUT2D eigenvalue weighted by atomic mass is 16.5. The first-order valence-corrected chi connectivity index (χ1v) is 8.57. The predicted octanol–water partition coefficient (Wildman–Crippen LogP) is 0.709. The number of nitrogens with zero attached hydrogens (tertiary/aromatic N) is 3. The summed E-state index contributed by atoms with van der Waals surface area (Å²) in [6, 6.07) is 10.5. The quantitative estimate of drug-likeness (QED) is 0.622. The van der Waals surface area contributed by atoms with E-state index in [0.29, 0.717) is 5.69 Å². The molecule has 1 aromatic carbocycles. The Kier molecular flexibility index (Phi) is 5.95. The minimum absolute atomic E-state index is 0.0996. The van der Waals surface area contributed by atoms with Crippen LogP contribution in [0.1, 0.15) is 12.1 Å². The van der Waals surface area contributed by atoms with Gasteiger partial charge in [0.25, 0.3) is 5.56 Å². The fourth-order valence-corrected chi connectivity index (χ4v) is 2.53. The Bertz CT molecular complexity index is 1070. The number of H-pyrrole nitrogens is 1. The number of aromatic amines is 1. The third-order valence-corrected chi connectivity index (χ3v) is 4.05. The molecule has 0 aliphatic rings. The molecule has 2 heterocycles. The van der Waals surface area contributed by atoms with Crippen molar-refractivity contribution in [3.05, 3.63) is 75.5 Å². The summed E-state index contributed by atoms with van der Waals surface area (Å²) in [5.74, 6) is 0.523. The standard InChI is InChI=1S/C19H19N5O4/c1-28-15-4-2-13(3-5-15)16-10-14(21-12-22-16)11-20-17(25)6-8-24-9-7-18(26)23-19(24)27/h2-5,7,9-10,12H,6,8,11H2,1H3,(H,20,25)(H,23,26,27). The molecular formula is C19H19N5O4. The number of nitrogens with one attached hydrogen (secondary N) is 2. The molecule has 2 aromatic heterocycles. The van der Waals surface area contributed by atoms with Crippen LogP contribution in [0.4, 0.5) is 0 Å². The molecule has 2 N–H and O–H groups in total. The molecule has 144 valence electrons. The fourth-order valence-electron chi connectivity index (χ4n) is 2.53. The van der Waals surface area contributed by atoms with Crippen LogP contribution in [-0.4, -0.2) is 32.5 Å². The third-order valence-electron chi connectivity index (χ3n) is 4.05. The number of amides is 1. The van der Waals surface area contributed by atoms with Crippen molar-refractivity contribution in [1.29, 1.82) is 0 Å². The van der Waals surface area contributed by atoms with Crippen LogP contribution in [0, 0.1) is 0 Å². The van der Waals surface area contributed by atoms with E-state index in [2.05, 4.69) is 20.3 Å². The molecular weight excluding hydrogens is 362 g/mol. The molecule has 0 unspecified atom stereocenters. The number of methoxy groups -OCH3 is 1. The smallest absolute Gasteiger partial charge is 0.328 e. The van der Waals surface area contributed by atoms with Crippen molar-refractivity contribution < 1.29 is 9.53 Å². The Morgan fingerprint density at radius 2 is 1.96 bits per heavy atom. The SMILES string of the molecule is COc1ccc(-c2cc(CNC(=O)CCn3ccc(=O)[nH]c3=O)ncn2)cc1. The molecule has 0 saturated carbocycles. The van der Waals surface area contributed by atoms with Crippen LogP contribution < -0.4 is 21.3 Å². The second kappa shape index (κ2) is 8.76. The summed E-state index contributed by atoms with van der Waals surface area (Å²) in [6.07, 6.45) is 2.91. The molecule has 0 aliphatic heterocycles. The molecule has 0 saturated heterocycles. The van der Waals surface area contributed by atoms with Crippen molar-refractivity contribution in [1.82, 2.24) is 24.8 Å². The van der Waals surface area contributed by atoms with Crippen molar-refractivity contribution in [2.45, 2.75) is 19.5 Å². The zero-order valence-electron chi connectivity index (χ0n) is 15.2. The Morgan fingerprint density at radius 1 is 1.18 bits per heavy atom. The van der Waals surface area contributed by atoms with Crippen molar-refractivity contribution in [3.8, 4) is 17.0 Å². The molecule has 3 rings (SSSR count). The minimum atomic E-state index is -0.541. The number of hydrogen-bond donors (Lipinski definition) is 2. The van der Waals surface area contributed by atoms with Gasteiger partial charge in [0.1, 0.15) is 12.1 Å². The van der Waals surface area contributed by atoms with E-state index in [1.165, 1.54) is 23.2 Å². The first kappa shape index (κ1) is 19.0. The summed E-state index contributed by atoms with van der Waals surface area (Å²) in [4.78, 5) is 45.2. The van der Waals surface area contributed by atoms with Gasteiger partial charge in [0.15, 0.2) is 0 Å². The normalized spacial score (nSPS) is 10.5. The number of hydrogen-bond acceptors (Lipinski definition) is 6. The van der Waals surface area contributed by atoms with Crippen molar-refractivity contribution >= 4 is 5.91 Å². The van der Waals surface area contributed by atoms with Crippen LogP contribution >= 0.6 is 0 Å². The second-order valence-electron chi connectivity index (χ2n) is 5.95. The summed E-state index contributed by atoms with van der Waals surface area (Å²) >= 11 is 0. The van der Waals surface area contributed by atoms with E-state index in [4.69, 9.17) is 4.74 Å². The average molecular weight is 381 g/mol. The van der Waals surface area contributed by atoms with Crippen molar-refractivity contribution in [2.24, 2.45) is 0 Å². The number of aromatic nitrogens is 4. The highest BCUT2D eigenvalue weighted by molar-refractivity contribution is 5.75. The molecule has 1 amide bonds. The summed E-state index contributed by atoms with van der Waals surface area (Å²) in [7, 11) is 1.61. The fraction of sp³-hybridized carbons (Fsp3) is 0.211. The number of aryl methyl sites for hydroxylation is 1. The molecule has 28 heavy (non-hydrogen) atoms. The van der Waals surface area contributed by atoms with Crippen LogP contribution in [0.15, 0.2) is 58.5 Å². The molecule has 3 aromatic rings. The topological polar surface area (TPSA) is 119 Å². The molecule has 9 heteroatoms. The van der Waals surface area contributed by atoms with E-state index >= 15 is 0 Å². The van der Waals surface area contributed by atoms with Gasteiger partial charge in [-0.05, 0) is 30.3 Å². The zero-order chi connectivity index (χ0) is 19.9. The van der Waals surface area contributed by atoms with Gasteiger partial charge in [0.05, 0.1) is 25.0 Å². The number of benzene rings is 1. The van der Waals surface area contributed by atoms with Gasteiger partial charge in [0.2, 0.25) is 5.91 Å². The van der Waals surface area contributed by atoms with Gasteiger partial charge in [-0.2, -0.15) is 0 Å². The van der Waals surface area contributed by atoms with Crippen LogP contribution in [0.3, 0.4) is 0 Å². The van der Waals surface area contributed by atoms with E-state index in [9.17, 15) is 14.4 Å². The molecule has 0 bridgehead atoms. The van der Waals surface area contributed by atoms with E-state index < -0.39 is 11.2 Å². The third kappa shape index (κ3) is 4.91. The van der Waals surface area contributed by atoms with E-state index in [-0.39, 0.29) is 25.4 Å². The van der Waals surface area contributed by atoms with Crippen molar-refractivity contribution in [3.63, 3.8) is 0 Å². The summed E-state index contributed by atoms with van der Waals surface area (Å²) in [5, 5.41) is 2.76. The first-order chi connectivity index (χ1) is 13.5. The lowest BCUT2D eigenvalue weighted by atomic mass is 10.1. The Labute approximate surface area is 160 Å². The highest BCUT2D eigenvalue weighted by Crippen LogP contribution is 2.20. The Balaban J connectivity index is 1.57. The van der Waals surface area contributed by atoms with Gasteiger partial charge in [-0.1, -0.05) is 0 Å². The minimum Gasteiger partial charge on any atom is -0.497 e. The van der Waals surface area contributed by atoms with Crippen LogP contribution in [0.25, 0.3) is 11.3 Å². The molecule has 0 radical (unpaired) electrons. The van der Waals surface area contributed by atoms with Crippen LogP contribution in [-0.2, 0) is 17.9 Å². The molecule has 9 nitrogen and oxygen atoms in total. The zero-order valence-corrected chi connectivity index (χ0v) is 15.2. The van der Waals surface area contributed by atoms with Gasteiger partial charge < -0.3 is 14.6 Å². The monoisotopic (exact) mass is 381 g/mol. The Morgan fingerprint density at radius 3 is 2.68 bits per heavy atom. The highest BCUT2D eigenvalue weighted by Gasteiger charge is 2.06. The van der Waals surface area contributed by atoms with Gasteiger partial charge in [-0.25, -0.2) is 14.8 Å². The van der Waals surface area contributed by atoms with E-state index in [1.807, 2.05) is 24.3 Å². The van der Waals surface area contributed by atoms with Gasteiger partial charge in [-0.3, -0.25) is 14.6 Å². The van der Waals surface area contributed by atoms with E-state index in [1.54, 1.807) is 13.2 Å². The maximum absolute atomic E-state index is 12.0. The lowest BCUT2D eigenvalue weighted by Gasteiger charge is -2.08. The average Bonchev–Trinajstić information content (AvgIpc) is 2.72.